The smallest absolute Gasteiger partial charge is 0.353 e. The lowest BCUT2D eigenvalue weighted by atomic mass is 10.0. The number of β-lactam (4-membered cyclic amide) rings is 1. The number of thiazole rings is 1. The molecule has 202 valence electrons. The van der Waals surface area contributed by atoms with Crippen LogP contribution in [0.2, 0.25) is 0 Å². The lowest BCUT2D eigenvalue weighted by Crippen LogP contribution is -2.71. The number of oxime groups is 1. The second kappa shape index (κ2) is 11.3. The van der Waals surface area contributed by atoms with Crippen LogP contribution in [-0.4, -0.2) is 71.6 Å². The van der Waals surface area contributed by atoms with Gasteiger partial charge >= 0.3 is 10.8 Å². The maximum absolute atomic E-state index is 13.1. The number of aromatic nitrogens is 4. The van der Waals surface area contributed by atoms with E-state index in [9.17, 15) is 24.3 Å². The van der Waals surface area contributed by atoms with E-state index in [0.29, 0.717) is 26.5 Å². The van der Waals surface area contributed by atoms with Crippen LogP contribution in [0.25, 0.3) is 11.3 Å². The summed E-state index contributed by atoms with van der Waals surface area (Å²) in [5, 5.41) is 17.6. The van der Waals surface area contributed by atoms with Crippen molar-refractivity contribution in [2.24, 2.45) is 12.2 Å². The average Bonchev–Trinajstić information content (AvgIpc) is 3.56. The maximum atomic E-state index is 13.1. The largest absolute Gasteiger partial charge is 0.477 e. The van der Waals surface area contributed by atoms with Crippen LogP contribution >= 0.6 is 46.4 Å². The summed E-state index contributed by atoms with van der Waals surface area (Å²) in [7, 11) is 1.92. The van der Waals surface area contributed by atoms with E-state index in [4.69, 9.17) is 4.84 Å². The normalized spacial score (nSPS) is 19.0. The number of thioether (sulfide) groups is 2. The van der Waals surface area contributed by atoms with Gasteiger partial charge in [0.05, 0.1) is 5.69 Å². The molecule has 2 aliphatic heterocycles. The number of carbonyl (C=O) groups is 3. The fourth-order valence-corrected chi connectivity index (χ4v) is 7.66. The first-order valence-electron chi connectivity index (χ1n) is 11.3. The molecule has 2 aliphatic rings. The molecule has 0 radical (unpaired) electrons. The van der Waals surface area contributed by atoms with Gasteiger partial charge in [0.25, 0.3) is 11.8 Å². The molecule has 3 aromatic heterocycles. The van der Waals surface area contributed by atoms with Crippen LogP contribution in [0.4, 0.5) is 0 Å². The number of carboxylic acid groups (broad SMARTS) is 1. The first-order valence-corrected chi connectivity index (χ1v) is 14.9. The molecule has 2 amide bonds. The van der Waals surface area contributed by atoms with E-state index in [2.05, 4.69) is 24.8 Å². The fraction of sp³-hybridized carbons (Fsp3) is 0.273. The summed E-state index contributed by atoms with van der Waals surface area (Å²) in [6.45, 7) is 1.83. The van der Waals surface area contributed by atoms with Gasteiger partial charge in [-0.25, -0.2) is 14.3 Å². The second-order valence-corrected chi connectivity index (χ2v) is 12.1. The Hall–Kier alpha value is -3.54. The van der Waals surface area contributed by atoms with E-state index in [1.807, 2.05) is 41.5 Å². The lowest BCUT2D eigenvalue weighted by Gasteiger charge is -2.49. The first-order chi connectivity index (χ1) is 18.8. The highest BCUT2D eigenvalue weighted by atomic mass is 32.2. The van der Waals surface area contributed by atoms with Crippen molar-refractivity contribution >= 4 is 69.9 Å². The van der Waals surface area contributed by atoms with Gasteiger partial charge in [0.15, 0.2) is 22.6 Å². The lowest BCUT2D eigenvalue weighted by molar-refractivity contribution is -0.671. The van der Waals surface area contributed by atoms with Crippen molar-refractivity contribution in [2.45, 2.75) is 22.7 Å². The summed E-state index contributed by atoms with van der Waals surface area (Å²) < 4.78 is 6.42. The van der Waals surface area contributed by atoms with E-state index in [-0.39, 0.29) is 23.8 Å². The number of aromatic amines is 1. The number of pyridine rings is 1. The Kier molecular flexibility index (Phi) is 7.83. The number of H-pyrrole nitrogens is 1. The van der Waals surface area contributed by atoms with Gasteiger partial charge in [-0.3, -0.25) is 24.3 Å². The Morgan fingerprint density at radius 2 is 2.13 bits per heavy atom. The molecular formula is C22H20N7O6S4+. The minimum Gasteiger partial charge on any atom is -0.477 e. The van der Waals surface area contributed by atoms with Crippen molar-refractivity contribution in [1.29, 1.82) is 0 Å². The molecule has 0 bridgehead atoms. The predicted octanol–water partition coefficient (Wildman–Crippen LogP) is 1.01. The Labute approximate surface area is 237 Å². The molecule has 5 rings (SSSR count). The molecule has 3 N–H and O–H groups in total. The summed E-state index contributed by atoms with van der Waals surface area (Å²) in [5.41, 5.74) is 1.29. The zero-order valence-corrected chi connectivity index (χ0v) is 23.6. The van der Waals surface area contributed by atoms with Crippen LogP contribution in [0.5, 0.6) is 0 Å². The van der Waals surface area contributed by atoms with E-state index < -0.39 is 34.1 Å². The van der Waals surface area contributed by atoms with Crippen LogP contribution in [0.3, 0.4) is 0 Å². The van der Waals surface area contributed by atoms with Gasteiger partial charge < -0.3 is 15.3 Å². The average molecular weight is 607 g/mol. The van der Waals surface area contributed by atoms with Crippen LogP contribution in [0.15, 0.2) is 54.8 Å². The van der Waals surface area contributed by atoms with E-state index in [1.165, 1.54) is 39.8 Å². The van der Waals surface area contributed by atoms with Crippen molar-refractivity contribution in [3.63, 3.8) is 0 Å². The number of amides is 2. The van der Waals surface area contributed by atoms with Crippen LogP contribution in [0.1, 0.15) is 12.7 Å². The molecule has 2 atom stereocenters. The molecule has 0 aliphatic carbocycles. The zero-order valence-electron chi connectivity index (χ0n) is 20.3. The van der Waals surface area contributed by atoms with Gasteiger partial charge in [0.1, 0.15) is 30.8 Å². The summed E-state index contributed by atoms with van der Waals surface area (Å²) in [5.74, 6) is -2.38. The Morgan fingerprint density at radius 1 is 1.36 bits per heavy atom. The van der Waals surface area contributed by atoms with E-state index >= 15 is 0 Å². The van der Waals surface area contributed by atoms with Crippen LogP contribution in [-0.2, 0) is 26.3 Å². The number of carbonyl (C=O) groups excluding carboxylic acids is 2. The maximum Gasteiger partial charge on any atom is 0.353 e. The Bertz CT molecular complexity index is 1560. The Balaban J connectivity index is 1.33. The topological polar surface area (TPSA) is 171 Å². The molecule has 0 aromatic carbocycles. The predicted molar refractivity (Wildman–Crippen MR) is 145 cm³/mol. The number of carboxylic acids is 1. The number of hydrogen-bond donors (Lipinski definition) is 3. The summed E-state index contributed by atoms with van der Waals surface area (Å²) in [6, 6.07) is 2.89. The number of fused-ring (bicyclic) bond motifs is 1. The fourth-order valence-electron chi connectivity index (χ4n) is 3.75. The van der Waals surface area contributed by atoms with Gasteiger partial charge in [-0.1, -0.05) is 16.9 Å². The molecule has 5 heterocycles. The summed E-state index contributed by atoms with van der Waals surface area (Å²) >= 11 is 4.54. The molecule has 13 nitrogen and oxygen atoms in total. The standard InChI is InChI=1S/C22H19N7O6S4/c1-3-35-26-13(16-25-21(34)39-27-16)17(30)24-14-18(31)29-15(20(32)33)12(9-36-19(14)29)38-22-23-11(8-37-22)10-4-6-28(2)7-5-10/h4-8,14,19H,3,9H2,1-2H3,(H2-,24,25,27,30,32,33,34)/p+1/t14-,19-/m1/s1. The second-order valence-electron chi connectivity index (χ2n) is 8.09. The highest BCUT2D eigenvalue weighted by Crippen LogP contribution is 2.46. The highest BCUT2D eigenvalue weighted by Gasteiger charge is 2.54. The number of rotatable bonds is 9. The molecule has 0 spiro atoms. The highest BCUT2D eigenvalue weighted by molar-refractivity contribution is 8.07. The van der Waals surface area contributed by atoms with Crippen molar-refractivity contribution in [2.75, 3.05) is 12.4 Å². The SMILES string of the molecule is CCON=C(C(=O)N[C@@H]1C(=O)N2C(C(=O)O)=C(Sc3nc(-c4cc[n+](C)cc4)cs3)CS[C@H]12)c1nsc(=O)[nH]1. The molecule has 1 fully saturated rings. The van der Waals surface area contributed by atoms with Crippen LogP contribution < -0.4 is 14.8 Å². The van der Waals surface area contributed by atoms with Crippen molar-refractivity contribution in [3.05, 3.63) is 56.0 Å². The van der Waals surface area contributed by atoms with Gasteiger partial charge in [0.2, 0.25) is 5.71 Å². The first kappa shape index (κ1) is 27.0. The number of hydrogen-bond acceptors (Lipinski definition) is 12. The summed E-state index contributed by atoms with van der Waals surface area (Å²) in [6.07, 6.45) is 3.83. The minimum atomic E-state index is -1.24. The third-order valence-electron chi connectivity index (χ3n) is 5.55. The number of aryl methyl sites for hydroxylation is 1. The van der Waals surface area contributed by atoms with Gasteiger partial charge in [-0.15, -0.1) is 23.1 Å². The molecule has 3 aromatic rings. The molecule has 1 saturated heterocycles. The Morgan fingerprint density at radius 3 is 2.79 bits per heavy atom. The quantitative estimate of drug-likeness (QED) is 0.138. The van der Waals surface area contributed by atoms with Crippen molar-refractivity contribution < 1.29 is 28.9 Å². The van der Waals surface area contributed by atoms with Crippen molar-refractivity contribution in [1.82, 2.24) is 24.6 Å². The van der Waals surface area contributed by atoms with E-state index in [1.54, 1.807) is 6.92 Å². The van der Waals surface area contributed by atoms with Crippen LogP contribution in [0, 0.1) is 0 Å². The van der Waals surface area contributed by atoms with Gasteiger partial charge in [-0.2, -0.15) is 4.37 Å². The van der Waals surface area contributed by atoms with Gasteiger partial charge in [-0.05, 0) is 6.92 Å². The third-order valence-corrected chi connectivity index (χ3v) is 9.58. The molecule has 0 unspecified atom stereocenters. The summed E-state index contributed by atoms with van der Waals surface area (Å²) in [4.78, 5) is 62.9. The molecule has 39 heavy (non-hydrogen) atoms. The number of nitrogens with one attached hydrogen (secondary N) is 2. The number of aliphatic carboxylic acids is 1. The third kappa shape index (κ3) is 5.47. The number of nitrogens with zero attached hydrogens (tertiary/aromatic N) is 5. The zero-order chi connectivity index (χ0) is 27.7. The van der Waals surface area contributed by atoms with Gasteiger partial charge in [0, 0.05) is 45.3 Å². The monoisotopic (exact) mass is 606 g/mol. The molecule has 0 saturated carbocycles. The van der Waals surface area contributed by atoms with E-state index in [0.717, 1.165) is 11.3 Å². The molecule has 17 heteroatoms. The van der Waals surface area contributed by atoms with Crippen molar-refractivity contribution in [3.8, 4) is 11.3 Å². The molecular weight excluding hydrogens is 587 g/mol. The minimum absolute atomic E-state index is 0.0899.